The molecule has 0 saturated heterocycles. The zero-order valence-corrected chi connectivity index (χ0v) is 27.2. The van der Waals surface area contributed by atoms with Crippen molar-refractivity contribution in [1.29, 1.82) is 0 Å². The summed E-state index contributed by atoms with van der Waals surface area (Å²) in [6.07, 6.45) is 3.60. The summed E-state index contributed by atoms with van der Waals surface area (Å²) < 4.78 is 12.7. The van der Waals surface area contributed by atoms with E-state index in [1.165, 1.54) is 0 Å². The Morgan fingerprint density at radius 2 is 1.74 bits per heavy atom. The standard InChI is InChI=1S/C34H44N4O3Si/c1-33(2,3)26-12-10-13-27(21-26)38-32(39)25(23-40-42(7,8)34(4,5)6)19-24-11-9-14-28(20-24)41-29-15-16-35-30(22-29)31-36-17-18-37-31/h9-16,19-22H,17-18,23H2,1-8H3,(H,36,37)(H,38,39)/b25-19+. The lowest BCUT2D eigenvalue weighted by Crippen LogP contribution is -2.41. The highest BCUT2D eigenvalue weighted by Crippen LogP contribution is 2.37. The van der Waals surface area contributed by atoms with Gasteiger partial charge in [0.05, 0.1) is 13.2 Å². The molecule has 0 bridgehead atoms. The van der Waals surface area contributed by atoms with Gasteiger partial charge in [-0.25, -0.2) is 0 Å². The van der Waals surface area contributed by atoms with Gasteiger partial charge in [0.15, 0.2) is 8.32 Å². The van der Waals surface area contributed by atoms with Crippen molar-refractivity contribution in [1.82, 2.24) is 10.3 Å². The van der Waals surface area contributed by atoms with Gasteiger partial charge in [-0.15, -0.1) is 0 Å². The fourth-order valence-electron chi connectivity index (χ4n) is 4.10. The number of aromatic nitrogens is 1. The number of pyridine rings is 1. The predicted molar refractivity (Wildman–Crippen MR) is 175 cm³/mol. The van der Waals surface area contributed by atoms with Crippen molar-refractivity contribution in [2.24, 2.45) is 4.99 Å². The minimum Gasteiger partial charge on any atom is -0.457 e. The first-order valence-electron chi connectivity index (χ1n) is 14.5. The Labute approximate surface area is 251 Å². The SMILES string of the molecule is CC(C)(C)c1cccc(NC(=O)/C(=C/c2cccc(Oc3ccnc(C4=NCCN4)c3)c2)CO[Si](C)(C)C(C)(C)C)c1. The number of hydrogen-bond donors (Lipinski definition) is 2. The van der Waals surface area contributed by atoms with E-state index in [9.17, 15) is 4.79 Å². The van der Waals surface area contributed by atoms with E-state index >= 15 is 0 Å². The molecule has 1 aromatic heterocycles. The maximum absolute atomic E-state index is 13.7. The third kappa shape index (κ3) is 8.17. The third-order valence-corrected chi connectivity index (χ3v) is 12.2. The Balaban J connectivity index is 1.59. The van der Waals surface area contributed by atoms with E-state index in [1.807, 2.05) is 60.7 Å². The Kier molecular flexibility index (Phi) is 9.38. The van der Waals surface area contributed by atoms with Crippen LogP contribution in [0.15, 0.2) is 77.4 Å². The van der Waals surface area contributed by atoms with Gasteiger partial charge in [-0.05, 0) is 71.1 Å². The summed E-state index contributed by atoms with van der Waals surface area (Å²) in [6.45, 7) is 19.2. The van der Waals surface area contributed by atoms with Crippen molar-refractivity contribution < 1.29 is 14.0 Å². The summed E-state index contributed by atoms with van der Waals surface area (Å²) in [6, 6.07) is 19.4. The zero-order chi connectivity index (χ0) is 30.5. The largest absolute Gasteiger partial charge is 0.457 e. The van der Waals surface area contributed by atoms with Gasteiger partial charge in [-0.1, -0.05) is 65.8 Å². The van der Waals surface area contributed by atoms with Crippen LogP contribution in [0.4, 0.5) is 5.69 Å². The fourth-order valence-corrected chi connectivity index (χ4v) is 5.05. The number of benzene rings is 2. The number of ether oxygens (including phenoxy) is 1. The Morgan fingerprint density at radius 3 is 2.43 bits per heavy atom. The molecule has 0 atom stereocenters. The lowest BCUT2D eigenvalue weighted by atomic mass is 9.87. The van der Waals surface area contributed by atoms with Gasteiger partial charge < -0.3 is 19.8 Å². The van der Waals surface area contributed by atoms with E-state index in [0.29, 0.717) is 17.1 Å². The first kappa shape index (κ1) is 31.2. The number of rotatable bonds is 9. The number of carbonyl (C=O) groups is 1. The summed E-state index contributed by atoms with van der Waals surface area (Å²) >= 11 is 0. The smallest absolute Gasteiger partial charge is 0.253 e. The van der Waals surface area contributed by atoms with Crippen molar-refractivity contribution in [2.75, 3.05) is 25.0 Å². The second kappa shape index (κ2) is 12.6. The van der Waals surface area contributed by atoms with E-state index < -0.39 is 8.32 Å². The Morgan fingerprint density at radius 1 is 1.00 bits per heavy atom. The normalized spacial score (nSPS) is 14.3. The number of amides is 1. The van der Waals surface area contributed by atoms with Gasteiger partial charge in [0.2, 0.25) is 0 Å². The molecule has 1 amide bonds. The van der Waals surface area contributed by atoms with E-state index in [2.05, 4.69) is 81.3 Å². The molecule has 2 aromatic carbocycles. The Bertz CT molecular complexity index is 1480. The summed E-state index contributed by atoms with van der Waals surface area (Å²) in [5.74, 6) is 1.91. The van der Waals surface area contributed by atoms with Crippen molar-refractivity contribution >= 4 is 31.8 Å². The van der Waals surface area contributed by atoms with E-state index in [4.69, 9.17) is 9.16 Å². The van der Waals surface area contributed by atoms with E-state index in [-0.39, 0.29) is 23.0 Å². The molecule has 0 fully saturated rings. The average Bonchev–Trinajstić information content (AvgIpc) is 3.46. The van der Waals surface area contributed by atoms with Gasteiger partial charge in [-0.3, -0.25) is 14.8 Å². The van der Waals surface area contributed by atoms with Gasteiger partial charge in [0.1, 0.15) is 23.0 Å². The van der Waals surface area contributed by atoms with Crippen molar-refractivity contribution in [3.63, 3.8) is 0 Å². The molecule has 42 heavy (non-hydrogen) atoms. The van der Waals surface area contributed by atoms with Crippen LogP contribution in [0, 0.1) is 0 Å². The molecule has 2 N–H and O–H groups in total. The number of anilines is 1. The van der Waals surface area contributed by atoms with Crippen LogP contribution < -0.4 is 15.4 Å². The van der Waals surface area contributed by atoms with Crippen molar-refractivity contribution in [2.45, 2.75) is 65.1 Å². The molecular formula is C34H44N4O3Si. The number of nitrogens with one attached hydrogen (secondary N) is 2. The summed E-state index contributed by atoms with van der Waals surface area (Å²) in [4.78, 5) is 22.5. The second-order valence-corrected chi connectivity index (χ2v) is 18.0. The number of aliphatic imine (C=N–C) groups is 1. The molecular weight excluding hydrogens is 540 g/mol. The van der Waals surface area contributed by atoms with E-state index in [1.54, 1.807) is 6.20 Å². The molecule has 0 radical (unpaired) electrons. The molecule has 222 valence electrons. The molecule has 2 heterocycles. The topological polar surface area (TPSA) is 84.8 Å². The lowest BCUT2D eigenvalue weighted by molar-refractivity contribution is -0.113. The molecule has 0 unspecified atom stereocenters. The number of amidine groups is 1. The first-order valence-corrected chi connectivity index (χ1v) is 17.4. The maximum Gasteiger partial charge on any atom is 0.253 e. The molecule has 0 aliphatic carbocycles. The quantitative estimate of drug-likeness (QED) is 0.200. The highest BCUT2D eigenvalue weighted by molar-refractivity contribution is 6.74. The van der Waals surface area contributed by atoms with Crippen molar-refractivity contribution in [3.05, 3.63) is 89.3 Å². The van der Waals surface area contributed by atoms with E-state index in [0.717, 1.165) is 41.4 Å². The van der Waals surface area contributed by atoms with Crippen LogP contribution in [0.25, 0.3) is 6.08 Å². The van der Waals surface area contributed by atoms with Gasteiger partial charge in [0.25, 0.3) is 5.91 Å². The molecule has 4 rings (SSSR count). The van der Waals surface area contributed by atoms with Gasteiger partial charge in [0, 0.05) is 30.1 Å². The molecule has 8 heteroatoms. The first-order chi connectivity index (χ1) is 19.7. The molecule has 7 nitrogen and oxygen atoms in total. The highest BCUT2D eigenvalue weighted by Gasteiger charge is 2.37. The number of carbonyl (C=O) groups excluding carboxylic acids is 1. The molecule has 0 saturated carbocycles. The summed E-state index contributed by atoms with van der Waals surface area (Å²) in [5.41, 5.74) is 4.03. The minimum absolute atomic E-state index is 0.0202. The molecule has 1 aliphatic rings. The van der Waals surface area contributed by atoms with Crippen molar-refractivity contribution in [3.8, 4) is 11.5 Å². The van der Waals surface area contributed by atoms with Crippen LogP contribution in [-0.2, 0) is 14.6 Å². The lowest BCUT2D eigenvalue weighted by Gasteiger charge is -2.36. The van der Waals surface area contributed by atoms with Gasteiger partial charge in [-0.2, -0.15) is 0 Å². The summed E-state index contributed by atoms with van der Waals surface area (Å²) in [7, 11) is -2.10. The molecule has 1 aliphatic heterocycles. The monoisotopic (exact) mass is 584 g/mol. The number of hydrogen-bond acceptors (Lipinski definition) is 6. The molecule has 0 spiro atoms. The maximum atomic E-state index is 13.7. The average molecular weight is 585 g/mol. The second-order valence-electron chi connectivity index (χ2n) is 13.2. The van der Waals surface area contributed by atoms with Crippen LogP contribution in [-0.4, -0.2) is 44.7 Å². The third-order valence-electron chi connectivity index (χ3n) is 7.76. The predicted octanol–water partition coefficient (Wildman–Crippen LogP) is 7.57. The summed E-state index contributed by atoms with van der Waals surface area (Å²) in [5, 5.41) is 6.37. The number of nitrogens with zero attached hydrogens (tertiary/aromatic N) is 2. The minimum atomic E-state index is -2.10. The zero-order valence-electron chi connectivity index (χ0n) is 26.2. The van der Waals surface area contributed by atoms with Crippen LogP contribution in [0.2, 0.25) is 18.1 Å². The van der Waals surface area contributed by atoms with Gasteiger partial charge >= 0.3 is 0 Å². The Hall–Kier alpha value is -3.75. The van der Waals surface area contributed by atoms with Crippen LogP contribution >= 0.6 is 0 Å². The van der Waals surface area contributed by atoms with Crippen LogP contribution in [0.3, 0.4) is 0 Å². The highest BCUT2D eigenvalue weighted by atomic mass is 28.4. The fraction of sp³-hybridized carbons (Fsp3) is 0.382. The van der Waals surface area contributed by atoms with Crippen LogP contribution in [0.5, 0.6) is 11.5 Å². The molecule has 3 aromatic rings. The van der Waals surface area contributed by atoms with Crippen LogP contribution in [0.1, 0.15) is 58.4 Å².